The Morgan fingerprint density at radius 2 is 2.23 bits per heavy atom. The molecule has 2 atom stereocenters. The van der Waals surface area contributed by atoms with Crippen LogP contribution in [0.5, 0.6) is 5.75 Å². The number of hydrogen-bond acceptors (Lipinski definition) is 4. The van der Waals surface area contributed by atoms with Crippen molar-refractivity contribution < 1.29 is 27.8 Å². The maximum atomic E-state index is 12.2. The smallest absolute Gasteiger partial charge is 0.422 e. The van der Waals surface area contributed by atoms with Gasteiger partial charge >= 0.3 is 6.18 Å². The molecule has 1 aromatic heterocycles. The molecular weight excluding hydrogens is 301 g/mol. The van der Waals surface area contributed by atoms with Gasteiger partial charge in [0.25, 0.3) is 5.91 Å². The molecule has 22 heavy (non-hydrogen) atoms. The second-order valence-corrected chi connectivity index (χ2v) is 5.22. The first-order chi connectivity index (χ1) is 10.4. The van der Waals surface area contributed by atoms with Crippen LogP contribution in [-0.2, 0) is 0 Å². The lowest BCUT2D eigenvalue weighted by molar-refractivity contribution is -0.153. The van der Waals surface area contributed by atoms with Crippen LogP contribution in [0.15, 0.2) is 18.3 Å². The number of pyridine rings is 1. The van der Waals surface area contributed by atoms with Gasteiger partial charge in [-0.15, -0.1) is 0 Å². The summed E-state index contributed by atoms with van der Waals surface area (Å²) in [7, 11) is 0. The number of carbonyl (C=O) groups excluding carboxylic acids is 1. The highest BCUT2D eigenvalue weighted by atomic mass is 19.4. The van der Waals surface area contributed by atoms with E-state index in [-0.39, 0.29) is 23.9 Å². The molecule has 0 aromatic carbocycles. The number of aromatic nitrogens is 1. The molecule has 0 spiro atoms. The van der Waals surface area contributed by atoms with E-state index in [0.29, 0.717) is 6.42 Å². The van der Waals surface area contributed by atoms with E-state index in [1.165, 1.54) is 18.3 Å². The summed E-state index contributed by atoms with van der Waals surface area (Å²) in [6, 6.07) is 2.65. The Morgan fingerprint density at radius 1 is 1.45 bits per heavy atom. The Bertz CT molecular complexity index is 522. The summed E-state index contributed by atoms with van der Waals surface area (Å²) in [5.74, 6) is -0.867. The molecule has 1 aliphatic rings. The fraction of sp³-hybridized carbons (Fsp3) is 0.571. The standard InChI is InChI=1S/C14H17F3N2O3/c15-14(16,17)8-22-11-5-2-6-18-12(11)13(21)19-7-9-3-1-4-10(9)20/h2,5-6,9-10,20H,1,3-4,7-8H2,(H,19,21)/t9-,10+/m1/s1. The maximum absolute atomic E-state index is 12.2. The van der Waals surface area contributed by atoms with Gasteiger partial charge in [0, 0.05) is 18.7 Å². The molecule has 1 aromatic rings. The molecule has 2 rings (SSSR count). The number of ether oxygens (including phenoxy) is 1. The summed E-state index contributed by atoms with van der Waals surface area (Å²) in [6.45, 7) is -1.23. The topological polar surface area (TPSA) is 71.5 Å². The zero-order valence-corrected chi connectivity index (χ0v) is 11.8. The molecule has 1 fully saturated rings. The van der Waals surface area contributed by atoms with E-state index >= 15 is 0 Å². The number of amides is 1. The largest absolute Gasteiger partial charge is 0.482 e. The molecule has 0 radical (unpaired) electrons. The fourth-order valence-electron chi connectivity index (χ4n) is 2.40. The lowest BCUT2D eigenvalue weighted by atomic mass is 10.1. The summed E-state index contributed by atoms with van der Waals surface area (Å²) in [5.41, 5.74) is -0.195. The highest BCUT2D eigenvalue weighted by Crippen LogP contribution is 2.25. The van der Waals surface area contributed by atoms with E-state index in [4.69, 9.17) is 0 Å². The average molecular weight is 318 g/mol. The van der Waals surface area contributed by atoms with Crippen molar-refractivity contribution in [1.82, 2.24) is 10.3 Å². The van der Waals surface area contributed by atoms with Crippen LogP contribution >= 0.6 is 0 Å². The Labute approximate surface area is 125 Å². The second-order valence-electron chi connectivity index (χ2n) is 5.22. The van der Waals surface area contributed by atoms with Crippen molar-refractivity contribution in [2.24, 2.45) is 5.92 Å². The van der Waals surface area contributed by atoms with Crippen LogP contribution in [-0.4, -0.2) is 41.4 Å². The first-order valence-electron chi connectivity index (χ1n) is 6.97. The fourth-order valence-corrected chi connectivity index (χ4v) is 2.40. The van der Waals surface area contributed by atoms with E-state index in [1.807, 2.05) is 0 Å². The minimum absolute atomic E-state index is 0.0350. The van der Waals surface area contributed by atoms with Crippen LogP contribution in [0.25, 0.3) is 0 Å². The van der Waals surface area contributed by atoms with Crippen LogP contribution < -0.4 is 10.1 Å². The predicted molar refractivity (Wildman–Crippen MR) is 71.5 cm³/mol. The Kier molecular flexibility index (Phi) is 5.23. The Morgan fingerprint density at radius 3 is 2.86 bits per heavy atom. The number of halogens is 3. The van der Waals surface area contributed by atoms with Gasteiger partial charge in [-0.3, -0.25) is 4.79 Å². The normalized spacial score (nSPS) is 21.6. The van der Waals surface area contributed by atoms with Crippen molar-refractivity contribution in [2.45, 2.75) is 31.5 Å². The number of aliphatic hydroxyl groups is 1. The average Bonchev–Trinajstić information content (AvgIpc) is 2.87. The van der Waals surface area contributed by atoms with Crippen LogP contribution in [0.2, 0.25) is 0 Å². The number of alkyl halides is 3. The molecule has 1 saturated carbocycles. The molecule has 1 aliphatic carbocycles. The van der Waals surface area contributed by atoms with Gasteiger partial charge < -0.3 is 15.2 Å². The number of aliphatic hydroxyl groups excluding tert-OH is 1. The van der Waals surface area contributed by atoms with E-state index in [1.54, 1.807) is 0 Å². The van der Waals surface area contributed by atoms with Gasteiger partial charge in [-0.2, -0.15) is 13.2 Å². The predicted octanol–water partition coefficient (Wildman–Crippen LogP) is 1.91. The Hall–Kier alpha value is -1.83. The van der Waals surface area contributed by atoms with Crippen LogP contribution in [0.3, 0.4) is 0 Å². The zero-order valence-electron chi connectivity index (χ0n) is 11.8. The lowest BCUT2D eigenvalue weighted by Crippen LogP contribution is -2.33. The van der Waals surface area contributed by atoms with Crippen molar-refractivity contribution in [1.29, 1.82) is 0 Å². The molecule has 2 N–H and O–H groups in total. The Balaban J connectivity index is 1.96. The lowest BCUT2D eigenvalue weighted by Gasteiger charge is -2.16. The van der Waals surface area contributed by atoms with Gasteiger partial charge in [-0.25, -0.2) is 4.98 Å². The number of carbonyl (C=O) groups is 1. The SMILES string of the molecule is O=C(NC[C@H]1CCC[C@@H]1O)c1ncccc1OCC(F)(F)F. The van der Waals surface area contributed by atoms with Crippen molar-refractivity contribution >= 4 is 5.91 Å². The molecule has 0 unspecified atom stereocenters. The summed E-state index contributed by atoms with van der Waals surface area (Å²) in [4.78, 5) is 15.8. The first-order valence-corrected chi connectivity index (χ1v) is 6.97. The minimum Gasteiger partial charge on any atom is -0.482 e. The van der Waals surface area contributed by atoms with Gasteiger partial charge in [0.05, 0.1) is 6.10 Å². The van der Waals surface area contributed by atoms with Gasteiger partial charge in [0.15, 0.2) is 18.1 Å². The summed E-state index contributed by atoms with van der Waals surface area (Å²) < 4.78 is 41.2. The number of rotatable bonds is 5. The maximum Gasteiger partial charge on any atom is 0.422 e. The van der Waals surface area contributed by atoms with Gasteiger partial charge in [-0.1, -0.05) is 6.42 Å². The van der Waals surface area contributed by atoms with Gasteiger partial charge in [0.1, 0.15) is 0 Å². The van der Waals surface area contributed by atoms with Crippen LogP contribution in [0, 0.1) is 5.92 Å². The summed E-state index contributed by atoms with van der Waals surface area (Å²) >= 11 is 0. The molecule has 5 nitrogen and oxygen atoms in total. The third-order valence-electron chi connectivity index (χ3n) is 3.52. The minimum atomic E-state index is -4.49. The third-order valence-corrected chi connectivity index (χ3v) is 3.52. The molecule has 1 amide bonds. The quantitative estimate of drug-likeness (QED) is 0.870. The highest BCUT2D eigenvalue weighted by Gasteiger charge is 2.30. The van der Waals surface area contributed by atoms with Crippen molar-refractivity contribution in [2.75, 3.05) is 13.2 Å². The number of nitrogens with one attached hydrogen (secondary N) is 1. The van der Waals surface area contributed by atoms with Crippen LogP contribution in [0.4, 0.5) is 13.2 Å². The van der Waals surface area contributed by atoms with E-state index in [2.05, 4.69) is 15.0 Å². The number of nitrogens with zero attached hydrogens (tertiary/aromatic N) is 1. The van der Waals surface area contributed by atoms with E-state index < -0.39 is 24.8 Å². The van der Waals surface area contributed by atoms with Gasteiger partial charge in [-0.05, 0) is 25.0 Å². The molecule has 8 heteroatoms. The van der Waals surface area contributed by atoms with E-state index in [0.717, 1.165) is 12.8 Å². The molecule has 122 valence electrons. The van der Waals surface area contributed by atoms with Gasteiger partial charge in [0.2, 0.25) is 0 Å². The molecule has 0 bridgehead atoms. The molecule has 0 saturated heterocycles. The summed E-state index contributed by atoms with van der Waals surface area (Å²) in [5, 5.41) is 12.3. The monoisotopic (exact) mass is 318 g/mol. The third kappa shape index (κ3) is 4.59. The summed E-state index contributed by atoms with van der Waals surface area (Å²) in [6.07, 6.45) is -1.24. The van der Waals surface area contributed by atoms with Crippen LogP contribution in [0.1, 0.15) is 29.8 Å². The highest BCUT2D eigenvalue weighted by molar-refractivity contribution is 5.94. The molecular formula is C14H17F3N2O3. The van der Waals surface area contributed by atoms with Crippen molar-refractivity contribution in [3.05, 3.63) is 24.0 Å². The molecule has 0 aliphatic heterocycles. The second kappa shape index (κ2) is 6.95. The van der Waals surface area contributed by atoms with Crippen molar-refractivity contribution in [3.8, 4) is 5.75 Å². The number of hydrogen-bond donors (Lipinski definition) is 2. The van der Waals surface area contributed by atoms with Crippen molar-refractivity contribution in [3.63, 3.8) is 0 Å². The first kappa shape index (κ1) is 16.5. The molecule has 1 heterocycles. The van der Waals surface area contributed by atoms with E-state index in [9.17, 15) is 23.1 Å². The zero-order chi connectivity index (χ0) is 16.2.